The van der Waals surface area contributed by atoms with E-state index in [1.807, 2.05) is 12.1 Å². The van der Waals surface area contributed by atoms with Crippen molar-refractivity contribution in [2.45, 2.75) is 24.9 Å². The molecule has 0 bridgehead atoms. The van der Waals surface area contributed by atoms with E-state index in [9.17, 15) is 13.8 Å². The number of aromatic nitrogens is 1. The van der Waals surface area contributed by atoms with Crippen LogP contribution in [-0.2, 0) is 42.0 Å². The van der Waals surface area contributed by atoms with Gasteiger partial charge in [0.15, 0.2) is 12.1 Å². The molecule has 9 heteroatoms. The number of amides is 1. The second kappa shape index (κ2) is 10.3. The standard InChI is InChI=1S/C19H22N2O6S/c22-16(11-21-18(23)13-28(24)12-17-2-1-7-25-17)4-3-15-10-14(5-6-20-15)19-26-8-9-27-19/h1-2,5-7,10,19H,3-4,8-9,11-13H2,(H,21,23). The first-order valence-corrected chi connectivity index (χ1v) is 10.4. The SMILES string of the molecule is O=C(CCc1cc(C2OCCO2)ccn1)CNC(=O)CS(=O)Cc1ccco1. The van der Waals surface area contributed by atoms with Crippen molar-refractivity contribution >= 4 is 22.5 Å². The first-order valence-electron chi connectivity index (χ1n) is 8.94. The highest BCUT2D eigenvalue weighted by Crippen LogP contribution is 2.23. The van der Waals surface area contributed by atoms with Gasteiger partial charge in [-0.1, -0.05) is 0 Å². The number of hydrogen-bond acceptors (Lipinski definition) is 7. The number of pyridine rings is 1. The van der Waals surface area contributed by atoms with Crippen molar-refractivity contribution in [1.82, 2.24) is 10.3 Å². The van der Waals surface area contributed by atoms with Crippen molar-refractivity contribution in [1.29, 1.82) is 0 Å². The molecule has 1 aliphatic heterocycles. The Balaban J connectivity index is 1.36. The Kier molecular flexibility index (Phi) is 7.46. The van der Waals surface area contributed by atoms with E-state index in [2.05, 4.69) is 10.3 Å². The van der Waals surface area contributed by atoms with Crippen LogP contribution in [0.4, 0.5) is 0 Å². The van der Waals surface area contributed by atoms with Gasteiger partial charge >= 0.3 is 0 Å². The summed E-state index contributed by atoms with van der Waals surface area (Å²) in [6.07, 6.45) is 3.48. The second-order valence-corrected chi connectivity index (χ2v) is 7.73. The van der Waals surface area contributed by atoms with Crippen LogP contribution in [0.5, 0.6) is 0 Å². The summed E-state index contributed by atoms with van der Waals surface area (Å²) in [5, 5.41) is 2.51. The zero-order valence-electron chi connectivity index (χ0n) is 15.3. The van der Waals surface area contributed by atoms with E-state index < -0.39 is 16.7 Å². The maximum Gasteiger partial charge on any atom is 0.232 e. The molecule has 2 aromatic heterocycles. The minimum atomic E-state index is -1.38. The molecule has 150 valence electrons. The van der Waals surface area contributed by atoms with Gasteiger partial charge in [0.05, 0.1) is 31.8 Å². The fourth-order valence-electron chi connectivity index (χ4n) is 2.69. The molecule has 3 heterocycles. The molecular formula is C19H22N2O6S. The number of furan rings is 1. The minimum Gasteiger partial charge on any atom is -0.468 e. The predicted molar refractivity (Wildman–Crippen MR) is 101 cm³/mol. The van der Waals surface area contributed by atoms with Gasteiger partial charge in [-0.3, -0.25) is 18.8 Å². The normalized spacial score (nSPS) is 15.4. The molecule has 0 spiro atoms. The Hall–Kier alpha value is -2.36. The van der Waals surface area contributed by atoms with Crippen LogP contribution in [0.3, 0.4) is 0 Å². The molecule has 2 aromatic rings. The van der Waals surface area contributed by atoms with Gasteiger partial charge in [0.2, 0.25) is 5.91 Å². The average molecular weight is 406 g/mol. The summed E-state index contributed by atoms with van der Waals surface area (Å²) in [6.45, 7) is 1.03. The van der Waals surface area contributed by atoms with E-state index in [4.69, 9.17) is 13.9 Å². The maximum atomic E-state index is 12.0. The zero-order valence-corrected chi connectivity index (χ0v) is 16.1. The van der Waals surface area contributed by atoms with Crippen molar-refractivity contribution in [2.75, 3.05) is 25.5 Å². The number of rotatable bonds is 10. The summed E-state index contributed by atoms with van der Waals surface area (Å²) in [4.78, 5) is 28.1. The summed E-state index contributed by atoms with van der Waals surface area (Å²) in [5.74, 6) is 0.0222. The Morgan fingerprint density at radius 2 is 2.07 bits per heavy atom. The lowest BCUT2D eigenvalue weighted by Crippen LogP contribution is -2.33. The summed E-state index contributed by atoms with van der Waals surface area (Å²) in [5.41, 5.74) is 1.64. The molecule has 0 aromatic carbocycles. The average Bonchev–Trinajstić information content (AvgIpc) is 3.39. The lowest BCUT2D eigenvalue weighted by Gasteiger charge is -2.10. The van der Waals surface area contributed by atoms with E-state index in [0.717, 1.165) is 11.3 Å². The van der Waals surface area contributed by atoms with Gasteiger partial charge < -0.3 is 19.2 Å². The van der Waals surface area contributed by atoms with E-state index in [-0.39, 0.29) is 36.5 Å². The molecular weight excluding hydrogens is 384 g/mol. The number of hydrogen-bond donors (Lipinski definition) is 1. The van der Waals surface area contributed by atoms with Crippen LogP contribution in [-0.4, -0.2) is 46.4 Å². The fourth-order valence-corrected chi connectivity index (χ4v) is 3.66. The third-order valence-electron chi connectivity index (χ3n) is 4.05. The fraction of sp³-hybridized carbons (Fsp3) is 0.421. The Morgan fingerprint density at radius 3 is 2.82 bits per heavy atom. The maximum absolute atomic E-state index is 12.0. The first-order chi connectivity index (χ1) is 13.6. The molecule has 1 aliphatic rings. The molecule has 28 heavy (non-hydrogen) atoms. The Bertz CT molecular complexity index is 818. The van der Waals surface area contributed by atoms with Crippen LogP contribution in [0.15, 0.2) is 41.1 Å². The predicted octanol–water partition coefficient (Wildman–Crippen LogP) is 1.29. The number of carbonyl (C=O) groups excluding carboxylic acids is 2. The van der Waals surface area contributed by atoms with Crippen LogP contribution in [0.2, 0.25) is 0 Å². The third-order valence-corrected chi connectivity index (χ3v) is 5.24. The van der Waals surface area contributed by atoms with E-state index in [1.165, 1.54) is 6.26 Å². The third kappa shape index (κ3) is 6.36. The van der Waals surface area contributed by atoms with Gasteiger partial charge in [-0.2, -0.15) is 0 Å². The Labute approximate surface area is 165 Å². The van der Waals surface area contributed by atoms with Gasteiger partial charge in [0.1, 0.15) is 11.5 Å². The van der Waals surface area contributed by atoms with E-state index >= 15 is 0 Å². The quantitative estimate of drug-likeness (QED) is 0.633. The smallest absolute Gasteiger partial charge is 0.232 e. The highest BCUT2D eigenvalue weighted by Gasteiger charge is 2.18. The molecule has 1 N–H and O–H groups in total. The molecule has 0 radical (unpaired) electrons. The topological polar surface area (TPSA) is 108 Å². The largest absolute Gasteiger partial charge is 0.468 e. The number of Topliss-reactive ketones (excluding diaryl/α,β-unsaturated/α-hetero) is 1. The van der Waals surface area contributed by atoms with Gasteiger partial charge in [0, 0.05) is 34.7 Å². The molecule has 3 rings (SSSR count). The van der Waals surface area contributed by atoms with Crippen molar-refractivity contribution in [3.05, 3.63) is 53.7 Å². The van der Waals surface area contributed by atoms with Crippen molar-refractivity contribution in [3.63, 3.8) is 0 Å². The summed E-state index contributed by atoms with van der Waals surface area (Å²) < 4.78 is 27.9. The molecule has 0 saturated carbocycles. The molecule has 0 aliphatic carbocycles. The lowest BCUT2D eigenvalue weighted by atomic mass is 10.1. The molecule has 1 fully saturated rings. The van der Waals surface area contributed by atoms with E-state index in [0.29, 0.717) is 25.4 Å². The summed E-state index contributed by atoms with van der Waals surface area (Å²) >= 11 is 0. The van der Waals surface area contributed by atoms with Crippen molar-refractivity contribution in [2.24, 2.45) is 0 Å². The molecule has 1 saturated heterocycles. The zero-order chi connectivity index (χ0) is 19.8. The first kappa shape index (κ1) is 20.4. The number of ketones is 1. The van der Waals surface area contributed by atoms with Crippen LogP contribution >= 0.6 is 0 Å². The van der Waals surface area contributed by atoms with Gasteiger partial charge in [0.25, 0.3) is 0 Å². The Morgan fingerprint density at radius 1 is 1.25 bits per heavy atom. The number of ether oxygens (including phenoxy) is 2. The van der Waals surface area contributed by atoms with Crippen LogP contribution < -0.4 is 5.32 Å². The van der Waals surface area contributed by atoms with Crippen LogP contribution in [0, 0.1) is 0 Å². The van der Waals surface area contributed by atoms with Crippen LogP contribution in [0.25, 0.3) is 0 Å². The lowest BCUT2D eigenvalue weighted by molar-refractivity contribution is -0.123. The van der Waals surface area contributed by atoms with Gasteiger partial charge in [-0.05, 0) is 30.7 Å². The van der Waals surface area contributed by atoms with Gasteiger partial charge in [-0.15, -0.1) is 0 Å². The summed E-state index contributed by atoms with van der Waals surface area (Å²) in [6, 6.07) is 7.08. The minimum absolute atomic E-state index is 0.0919. The van der Waals surface area contributed by atoms with Gasteiger partial charge in [-0.25, -0.2) is 0 Å². The van der Waals surface area contributed by atoms with E-state index in [1.54, 1.807) is 18.3 Å². The molecule has 1 amide bonds. The number of nitrogens with zero attached hydrogens (tertiary/aromatic N) is 1. The van der Waals surface area contributed by atoms with Crippen molar-refractivity contribution < 1.29 is 27.7 Å². The summed E-state index contributed by atoms with van der Waals surface area (Å²) in [7, 11) is -1.38. The monoisotopic (exact) mass is 406 g/mol. The second-order valence-electron chi connectivity index (χ2n) is 6.28. The molecule has 1 atom stereocenters. The highest BCUT2D eigenvalue weighted by atomic mass is 32.2. The molecule has 1 unspecified atom stereocenters. The number of aryl methyl sites for hydroxylation is 1. The highest BCUT2D eigenvalue weighted by molar-refractivity contribution is 7.84. The van der Waals surface area contributed by atoms with Crippen LogP contribution in [0.1, 0.15) is 29.7 Å². The number of nitrogens with one attached hydrogen (secondary N) is 1. The molecule has 8 nitrogen and oxygen atoms in total. The number of carbonyl (C=O) groups is 2. The van der Waals surface area contributed by atoms with Crippen molar-refractivity contribution in [3.8, 4) is 0 Å².